The summed E-state index contributed by atoms with van der Waals surface area (Å²) in [7, 11) is 4.89. The summed E-state index contributed by atoms with van der Waals surface area (Å²) in [6.07, 6.45) is 1.01. The van der Waals surface area contributed by atoms with Gasteiger partial charge in [-0.2, -0.15) is 0 Å². The average molecular weight is 371 g/mol. The Morgan fingerprint density at radius 1 is 1.05 bits per heavy atom. The molecule has 2 aromatic rings. The van der Waals surface area contributed by atoms with Crippen molar-refractivity contribution in [2.45, 2.75) is 18.2 Å². The number of ether oxygens (including phenoxy) is 3. The van der Waals surface area contributed by atoms with Crippen LogP contribution in [0, 0.1) is 0 Å². The molecule has 114 valence electrons. The fourth-order valence-electron chi connectivity index (χ4n) is 2.33. The Bertz CT molecular complexity index is 610. The topological polar surface area (TPSA) is 27.7 Å². The molecule has 1 atom stereocenters. The maximum atomic E-state index is 5.57. The molecule has 3 nitrogen and oxygen atoms in total. The lowest BCUT2D eigenvalue weighted by molar-refractivity contribution is 0.322. The standard InChI is InChI=1S/C16H19BrO3S/c1-5-10-8-9-21-16(10)13(17)11-6-7-12(18-2)15(20-4)14(11)19-3/h6-9,13H,5H2,1-4H3. The van der Waals surface area contributed by atoms with Crippen molar-refractivity contribution in [2.24, 2.45) is 0 Å². The van der Waals surface area contributed by atoms with Crippen molar-refractivity contribution in [3.05, 3.63) is 39.6 Å². The molecule has 1 aromatic heterocycles. The van der Waals surface area contributed by atoms with Crippen LogP contribution >= 0.6 is 27.3 Å². The summed E-state index contributed by atoms with van der Waals surface area (Å²) in [6, 6.07) is 6.09. The number of methoxy groups -OCH3 is 3. The van der Waals surface area contributed by atoms with Crippen LogP contribution in [0.5, 0.6) is 17.2 Å². The van der Waals surface area contributed by atoms with Crippen LogP contribution in [-0.2, 0) is 6.42 Å². The summed E-state index contributed by atoms with van der Waals surface area (Å²) in [4.78, 5) is 1.37. The smallest absolute Gasteiger partial charge is 0.203 e. The quantitative estimate of drug-likeness (QED) is 0.682. The van der Waals surface area contributed by atoms with Gasteiger partial charge in [0.25, 0.3) is 0 Å². The summed E-state index contributed by atoms with van der Waals surface area (Å²) >= 11 is 5.55. The summed E-state index contributed by atoms with van der Waals surface area (Å²) in [5.74, 6) is 1.99. The van der Waals surface area contributed by atoms with Gasteiger partial charge in [-0.1, -0.05) is 22.9 Å². The van der Waals surface area contributed by atoms with Gasteiger partial charge >= 0.3 is 0 Å². The van der Waals surface area contributed by atoms with Crippen LogP contribution in [0.2, 0.25) is 0 Å². The molecular formula is C16H19BrO3S. The minimum Gasteiger partial charge on any atom is -0.493 e. The van der Waals surface area contributed by atoms with E-state index in [1.54, 1.807) is 32.7 Å². The lowest BCUT2D eigenvalue weighted by Crippen LogP contribution is -2.01. The van der Waals surface area contributed by atoms with Crippen LogP contribution in [0.3, 0.4) is 0 Å². The number of thiophene rings is 1. The molecule has 0 saturated heterocycles. The molecule has 0 aliphatic carbocycles. The number of hydrogen-bond donors (Lipinski definition) is 0. The third-order valence-electron chi connectivity index (χ3n) is 3.40. The molecule has 0 fully saturated rings. The van der Waals surface area contributed by atoms with Crippen molar-refractivity contribution in [3.63, 3.8) is 0 Å². The fraction of sp³-hybridized carbons (Fsp3) is 0.375. The van der Waals surface area contributed by atoms with Gasteiger partial charge in [-0.15, -0.1) is 11.3 Å². The Hall–Kier alpha value is -1.20. The van der Waals surface area contributed by atoms with E-state index in [9.17, 15) is 0 Å². The van der Waals surface area contributed by atoms with E-state index >= 15 is 0 Å². The van der Waals surface area contributed by atoms with E-state index in [1.807, 2.05) is 12.1 Å². The average Bonchev–Trinajstić information content (AvgIpc) is 3.00. The van der Waals surface area contributed by atoms with E-state index < -0.39 is 0 Å². The molecule has 0 saturated carbocycles. The molecule has 5 heteroatoms. The van der Waals surface area contributed by atoms with Crippen molar-refractivity contribution < 1.29 is 14.2 Å². The number of rotatable bonds is 6. The van der Waals surface area contributed by atoms with E-state index in [1.165, 1.54) is 10.4 Å². The summed E-state index contributed by atoms with van der Waals surface area (Å²) < 4.78 is 16.4. The predicted octanol–water partition coefficient (Wildman–Crippen LogP) is 4.82. The molecular weight excluding hydrogens is 352 g/mol. The summed E-state index contributed by atoms with van der Waals surface area (Å²) in [5.41, 5.74) is 2.38. The molecule has 0 radical (unpaired) electrons. The Labute approximate surface area is 138 Å². The monoisotopic (exact) mass is 370 g/mol. The first-order chi connectivity index (χ1) is 10.2. The van der Waals surface area contributed by atoms with Crippen molar-refractivity contribution >= 4 is 27.3 Å². The Morgan fingerprint density at radius 3 is 2.33 bits per heavy atom. The highest BCUT2D eigenvalue weighted by Crippen LogP contribution is 2.47. The van der Waals surface area contributed by atoms with E-state index in [4.69, 9.17) is 14.2 Å². The van der Waals surface area contributed by atoms with E-state index in [2.05, 4.69) is 34.3 Å². The molecule has 1 heterocycles. The first kappa shape index (κ1) is 16.2. The van der Waals surface area contributed by atoms with Gasteiger partial charge in [0.05, 0.1) is 26.2 Å². The normalized spacial score (nSPS) is 12.0. The van der Waals surface area contributed by atoms with Gasteiger partial charge in [0.1, 0.15) is 0 Å². The third-order valence-corrected chi connectivity index (χ3v) is 5.68. The fourth-order valence-corrected chi connectivity index (χ4v) is 4.29. The highest BCUT2D eigenvalue weighted by molar-refractivity contribution is 9.09. The number of benzene rings is 1. The molecule has 1 aromatic carbocycles. The van der Waals surface area contributed by atoms with Crippen LogP contribution in [0.25, 0.3) is 0 Å². The molecule has 0 N–H and O–H groups in total. The first-order valence-electron chi connectivity index (χ1n) is 6.67. The number of alkyl halides is 1. The lowest BCUT2D eigenvalue weighted by atomic mass is 10.0. The number of aryl methyl sites for hydroxylation is 1. The molecule has 0 spiro atoms. The largest absolute Gasteiger partial charge is 0.493 e. The van der Waals surface area contributed by atoms with E-state index in [0.29, 0.717) is 17.2 Å². The summed E-state index contributed by atoms with van der Waals surface area (Å²) in [5, 5.41) is 2.12. The van der Waals surface area contributed by atoms with Crippen LogP contribution in [-0.4, -0.2) is 21.3 Å². The Balaban J connectivity index is 2.53. The third kappa shape index (κ3) is 3.04. The number of hydrogen-bond acceptors (Lipinski definition) is 4. The van der Waals surface area contributed by atoms with Gasteiger partial charge in [-0.3, -0.25) is 0 Å². The van der Waals surface area contributed by atoms with Gasteiger partial charge in [-0.05, 0) is 35.6 Å². The maximum Gasteiger partial charge on any atom is 0.203 e. The Kier molecular flexibility index (Phi) is 5.53. The zero-order valence-corrected chi connectivity index (χ0v) is 15.0. The molecule has 0 aliphatic rings. The van der Waals surface area contributed by atoms with Crippen LogP contribution in [0.4, 0.5) is 0 Å². The molecule has 21 heavy (non-hydrogen) atoms. The second-order valence-electron chi connectivity index (χ2n) is 4.45. The highest BCUT2D eigenvalue weighted by Gasteiger charge is 2.23. The SMILES string of the molecule is CCc1ccsc1C(Br)c1ccc(OC)c(OC)c1OC. The van der Waals surface area contributed by atoms with Crippen LogP contribution in [0.1, 0.15) is 27.8 Å². The van der Waals surface area contributed by atoms with E-state index in [0.717, 1.165) is 12.0 Å². The van der Waals surface area contributed by atoms with Gasteiger partial charge in [-0.25, -0.2) is 0 Å². The second-order valence-corrected chi connectivity index (χ2v) is 6.31. The van der Waals surface area contributed by atoms with Crippen molar-refractivity contribution in [1.82, 2.24) is 0 Å². The molecule has 0 amide bonds. The van der Waals surface area contributed by atoms with Gasteiger partial charge in [0.15, 0.2) is 11.5 Å². The van der Waals surface area contributed by atoms with Gasteiger partial charge in [0.2, 0.25) is 5.75 Å². The van der Waals surface area contributed by atoms with Crippen molar-refractivity contribution in [1.29, 1.82) is 0 Å². The predicted molar refractivity (Wildman–Crippen MR) is 90.6 cm³/mol. The van der Waals surface area contributed by atoms with Crippen LogP contribution in [0.15, 0.2) is 23.6 Å². The lowest BCUT2D eigenvalue weighted by Gasteiger charge is -2.19. The zero-order chi connectivity index (χ0) is 15.4. The van der Waals surface area contributed by atoms with Gasteiger partial charge < -0.3 is 14.2 Å². The maximum absolute atomic E-state index is 5.57. The molecule has 2 rings (SSSR count). The summed E-state index contributed by atoms with van der Waals surface area (Å²) in [6.45, 7) is 2.16. The first-order valence-corrected chi connectivity index (χ1v) is 8.46. The zero-order valence-electron chi connectivity index (χ0n) is 12.6. The number of halogens is 1. The molecule has 0 aliphatic heterocycles. The molecule has 1 unspecified atom stereocenters. The molecule has 0 bridgehead atoms. The second kappa shape index (κ2) is 7.18. The minimum atomic E-state index is 0.0715. The van der Waals surface area contributed by atoms with E-state index in [-0.39, 0.29) is 4.83 Å². The van der Waals surface area contributed by atoms with Crippen molar-refractivity contribution in [3.8, 4) is 17.2 Å². The van der Waals surface area contributed by atoms with Gasteiger partial charge in [0, 0.05) is 10.4 Å². The van der Waals surface area contributed by atoms with Crippen molar-refractivity contribution in [2.75, 3.05) is 21.3 Å². The minimum absolute atomic E-state index is 0.0715. The Morgan fingerprint density at radius 2 is 1.76 bits per heavy atom. The highest BCUT2D eigenvalue weighted by atomic mass is 79.9. The van der Waals surface area contributed by atoms with Crippen LogP contribution < -0.4 is 14.2 Å².